The zero-order chi connectivity index (χ0) is 18.8. The van der Waals surface area contributed by atoms with E-state index in [4.69, 9.17) is 14.2 Å². The third-order valence-corrected chi connectivity index (χ3v) is 6.19. The molecule has 0 saturated carbocycles. The SMILES string of the molecule is c1ncc(CN2CCC3(CC2)OCCc2cc(OC4CCOC4)ccc23)cn1. The lowest BCUT2D eigenvalue weighted by molar-refractivity contribution is -0.0989. The molecule has 0 bridgehead atoms. The molecule has 1 spiro atoms. The van der Waals surface area contributed by atoms with E-state index in [2.05, 4.69) is 33.1 Å². The van der Waals surface area contributed by atoms with E-state index in [0.717, 1.165) is 64.3 Å². The molecule has 3 aliphatic rings. The van der Waals surface area contributed by atoms with Crippen molar-refractivity contribution in [3.05, 3.63) is 53.6 Å². The number of rotatable bonds is 4. The van der Waals surface area contributed by atoms with Crippen LogP contribution in [0.2, 0.25) is 0 Å². The van der Waals surface area contributed by atoms with Crippen LogP contribution in [0.25, 0.3) is 0 Å². The first-order valence-corrected chi connectivity index (χ1v) is 10.3. The van der Waals surface area contributed by atoms with Gasteiger partial charge < -0.3 is 14.2 Å². The first-order valence-electron chi connectivity index (χ1n) is 10.3. The summed E-state index contributed by atoms with van der Waals surface area (Å²) >= 11 is 0. The maximum Gasteiger partial charge on any atom is 0.124 e. The molecule has 3 aliphatic heterocycles. The maximum absolute atomic E-state index is 6.39. The van der Waals surface area contributed by atoms with Gasteiger partial charge >= 0.3 is 0 Å². The molecule has 0 aliphatic carbocycles. The van der Waals surface area contributed by atoms with E-state index < -0.39 is 0 Å². The van der Waals surface area contributed by atoms with Gasteiger partial charge in [0, 0.05) is 44.0 Å². The Morgan fingerprint density at radius 2 is 2.00 bits per heavy atom. The molecule has 1 aromatic carbocycles. The van der Waals surface area contributed by atoms with E-state index in [9.17, 15) is 0 Å². The molecule has 5 rings (SSSR count). The second-order valence-electron chi connectivity index (χ2n) is 8.04. The molecule has 0 radical (unpaired) electrons. The Bertz CT molecular complexity index is 800. The molecule has 28 heavy (non-hydrogen) atoms. The lowest BCUT2D eigenvalue weighted by atomic mass is 9.79. The fraction of sp³-hybridized carbons (Fsp3) is 0.545. The highest BCUT2D eigenvalue weighted by Crippen LogP contribution is 2.42. The Hall–Kier alpha value is -2.02. The third kappa shape index (κ3) is 3.64. The zero-order valence-electron chi connectivity index (χ0n) is 16.2. The number of likely N-dealkylation sites (tertiary alicyclic amines) is 1. The Labute approximate surface area is 165 Å². The number of piperidine rings is 1. The van der Waals surface area contributed by atoms with Crippen LogP contribution >= 0.6 is 0 Å². The van der Waals surface area contributed by atoms with Gasteiger partial charge in [0.25, 0.3) is 0 Å². The van der Waals surface area contributed by atoms with Crippen LogP contribution in [0.15, 0.2) is 36.9 Å². The quantitative estimate of drug-likeness (QED) is 0.812. The van der Waals surface area contributed by atoms with E-state index >= 15 is 0 Å². The molecule has 2 fully saturated rings. The molecule has 2 aromatic rings. The largest absolute Gasteiger partial charge is 0.488 e. The highest BCUT2D eigenvalue weighted by Gasteiger charge is 2.40. The van der Waals surface area contributed by atoms with Gasteiger partial charge in [0.1, 0.15) is 18.2 Å². The number of fused-ring (bicyclic) bond motifs is 2. The van der Waals surface area contributed by atoms with Gasteiger partial charge in [-0.2, -0.15) is 0 Å². The summed E-state index contributed by atoms with van der Waals surface area (Å²) in [7, 11) is 0. The molecule has 6 heteroatoms. The third-order valence-electron chi connectivity index (χ3n) is 6.19. The fourth-order valence-corrected chi connectivity index (χ4v) is 4.68. The summed E-state index contributed by atoms with van der Waals surface area (Å²) in [6.45, 7) is 5.23. The molecule has 6 nitrogen and oxygen atoms in total. The first-order chi connectivity index (χ1) is 13.8. The normalized spacial score (nSPS) is 24.2. The van der Waals surface area contributed by atoms with E-state index in [1.807, 2.05) is 12.4 Å². The summed E-state index contributed by atoms with van der Waals surface area (Å²) in [6.07, 6.45) is 9.56. The van der Waals surface area contributed by atoms with Crippen LogP contribution in [0, 0.1) is 0 Å². The lowest BCUT2D eigenvalue weighted by Gasteiger charge is -2.45. The smallest absolute Gasteiger partial charge is 0.124 e. The van der Waals surface area contributed by atoms with Crippen LogP contribution < -0.4 is 4.74 Å². The number of hydrogen-bond donors (Lipinski definition) is 0. The second kappa shape index (κ2) is 7.78. The van der Waals surface area contributed by atoms with Crippen molar-refractivity contribution in [3.63, 3.8) is 0 Å². The van der Waals surface area contributed by atoms with Crippen molar-refractivity contribution in [1.29, 1.82) is 0 Å². The van der Waals surface area contributed by atoms with Crippen LogP contribution in [0.3, 0.4) is 0 Å². The topological polar surface area (TPSA) is 56.7 Å². The van der Waals surface area contributed by atoms with Crippen molar-refractivity contribution >= 4 is 0 Å². The molecule has 2 saturated heterocycles. The number of hydrogen-bond acceptors (Lipinski definition) is 6. The van der Waals surface area contributed by atoms with Crippen LogP contribution in [0.1, 0.15) is 36.0 Å². The fourth-order valence-electron chi connectivity index (χ4n) is 4.68. The van der Waals surface area contributed by atoms with Crippen molar-refractivity contribution in [3.8, 4) is 5.75 Å². The first kappa shape index (κ1) is 18.0. The minimum Gasteiger partial charge on any atom is -0.488 e. The Morgan fingerprint density at radius 3 is 2.79 bits per heavy atom. The summed E-state index contributed by atoms with van der Waals surface area (Å²) in [5, 5.41) is 0. The van der Waals surface area contributed by atoms with Gasteiger partial charge in [0.15, 0.2) is 0 Å². The number of aromatic nitrogens is 2. The van der Waals surface area contributed by atoms with Crippen molar-refractivity contribution in [1.82, 2.24) is 14.9 Å². The predicted molar refractivity (Wildman–Crippen MR) is 104 cm³/mol. The standard InChI is InChI=1S/C22H27N3O3/c1-2-21-18(11-19(1)28-20-4-9-26-15-20)3-10-27-22(21)5-7-25(8-6-22)14-17-12-23-16-24-13-17/h1-2,11-13,16,20H,3-10,14-15H2. The zero-order valence-corrected chi connectivity index (χ0v) is 16.2. The van der Waals surface area contributed by atoms with E-state index in [1.54, 1.807) is 6.33 Å². The Morgan fingerprint density at radius 1 is 1.14 bits per heavy atom. The Kier molecular flexibility index (Phi) is 5.01. The molecule has 4 heterocycles. The summed E-state index contributed by atoms with van der Waals surface area (Å²) in [5.41, 5.74) is 3.76. The number of ether oxygens (including phenoxy) is 3. The molecule has 148 valence electrons. The summed E-state index contributed by atoms with van der Waals surface area (Å²) in [4.78, 5) is 10.7. The molecular formula is C22H27N3O3. The van der Waals surface area contributed by atoms with Crippen molar-refractivity contribution in [2.24, 2.45) is 0 Å². The predicted octanol–water partition coefficient (Wildman–Crippen LogP) is 2.71. The molecule has 0 N–H and O–H groups in total. The Balaban J connectivity index is 1.28. The maximum atomic E-state index is 6.39. The molecule has 1 atom stereocenters. The van der Waals surface area contributed by atoms with Crippen LogP contribution in [-0.4, -0.2) is 53.9 Å². The molecular weight excluding hydrogens is 354 g/mol. The minimum atomic E-state index is -0.147. The van der Waals surface area contributed by atoms with Crippen molar-refractivity contribution < 1.29 is 14.2 Å². The van der Waals surface area contributed by atoms with E-state index in [1.165, 1.54) is 16.7 Å². The van der Waals surface area contributed by atoms with Gasteiger partial charge in [-0.1, -0.05) is 6.07 Å². The van der Waals surface area contributed by atoms with Crippen LogP contribution in [0.5, 0.6) is 5.75 Å². The van der Waals surface area contributed by atoms with Gasteiger partial charge in [0.05, 0.1) is 25.4 Å². The number of benzene rings is 1. The summed E-state index contributed by atoms with van der Waals surface area (Å²) in [6, 6.07) is 6.58. The average Bonchev–Trinajstić information content (AvgIpc) is 3.24. The van der Waals surface area contributed by atoms with Gasteiger partial charge in [-0.15, -0.1) is 0 Å². The molecule has 1 aromatic heterocycles. The van der Waals surface area contributed by atoms with Crippen LogP contribution in [-0.2, 0) is 28.0 Å². The highest BCUT2D eigenvalue weighted by atomic mass is 16.5. The highest BCUT2D eigenvalue weighted by molar-refractivity contribution is 5.41. The van der Waals surface area contributed by atoms with Gasteiger partial charge in [0.2, 0.25) is 0 Å². The summed E-state index contributed by atoms with van der Waals surface area (Å²) in [5.74, 6) is 0.966. The minimum absolute atomic E-state index is 0.147. The summed E-state index contributed by atoms with van der Waals surface area (Å²) < 4.78 is 17.9. The van der Waals surface area contributed by atoms with E-state index in [-0.39, 0.29) is 11.7 Å². The molecule has 0 amide bonds. The molecule has 1 unspecified atom stereocenters. The average molecular weight is 381 g/mol. The van der Waals surface area contributed by atoms with E-state index in [0.29, 0.717) is 6.61 Å². The van der Waals surface area contributed by atoms with Crippen LogP contribution in [0.4, 0.5) is 0 Å². The monoisotopic (exact) mass is 381 g/mol. The van der Waals surface area contributed by atoms with Crippen molar-refractivity contribution in [2.45, 2.75) is 43.9 Å². The second-order valence-corrected chi connectivity index (χ2v) is 8.04. The van der Waals surface area contributed by atoms with Gasteiger partial charge in [-0.3, -0.25) is 4.90 Å². The van der Waals surface area contributed by atoms with Gasteiger partial charge in [-0.25, -0.2) is 9.97 Å². The number of nitrogens with zero attached hydrogens (tertiary/aromatic N) is 3. The van der Waals surface area contributed by atoms with Gasteiger partial charge in [-0.05, 0) is 42.5 Å². The van der Waals surface area contributed by atoms with Crippen molar-refractivity contribution in [2.75, 3.05) is 32.9 Å². The lowest BCUT2D eigenvalue weighted by Crippen LogP contribution is -2.46.